The van der Waals surface area contributed by atoms with Crippen LogP contribution in [-0.4, -0.2) is 26.1 Å². The van der Waals surface area contributed by atoms with Crippen LogP contribution in [0.15, 0.2) is 41.7 Å². The lowest BCUT2D eigenvalue weighted by Gasteiger charge is -2.10. The monoisotopic (exact) mass is 325 g/mol. The van der Waals surface area contributed by atoms with E-state index in [1.807, 2.05) is 0 Å². The van der Waals surface area contributed by atoms with Crippen molar-refractivity contribution in [3.8, 4) is 0 Å². The van der Waals surface area contributed by atoms with Gasteiger partial charge in [0.2, 0.25) is 0 Å². The van der Waals surface area contributed by atoms with E-state index in [4.69, 9.17) is 0 Å². The van der Waals surface area contributed by atoms with E-state index in [9.17, 15) is 9.18 Å². The molecule has 1 aliphatic carbocycles. The predicted molar refractivity (Wildman–Crippen MR) is 88.5 cm³/mol. The molecule has 2 aromatic heterocycles. The Hall–Kier alpha value is -2.83. The Balaban J connectivity index is 1.47. The Morgan fingerprint density at radius 3 is 2.88 bits per heavy atom. The van der Waals surface area contributed by atoms with Gasteiger partial charge in [-0.2, -0.15) is 0 Å². The fourth-order valence-corrected chi connectivity index (χ4v) is 2.68. The molecule has 3 aromatic rings. The number of hydrogen-bond donors (Lipinski definition) is 1. The average Bonchev–Trinajstić information content (AvgIpc) is 3.41. The summed E-state index contributed by atoms with van der Waals surface area (Å²) in [6.07, 6.45) is 5.24. The van der Waals surface area contributed by atoms with Crippen molar-refractivity contribution in [3.63, 3.8) is 0 Å². The number of fused-ring (bicyclic) bond motifs is 1. The highest BCUT2D eigenvalue weighted by Crippen LogP contribution is 2.38. The van der Waals surface area contributed by atoms with Gasteiger partial charge in [-0.1, -0.05) is 0 Å². The van der Waals surface area contributed by atoms with Crippen molar-refractivity contribution in [2.24, 2.45) is 0 Å². The third-order valence-corrected chi connectivity index (χ3v) is 4.14. The SMILES string of the molecule is O=c1cc(C2CC2)ncn1CCNc1ncnc2cc(F)ccc12. The van der Waals surface area contributed by atoms with Crippen LogP contribution in [-0.2, 0) is 6.54 Å². The fraction of sp³-hybridized carbons (Fsp3) is 0.294. The summed E-state index contributed by atoms with van der Waals surface area (Å²) in [5.41, 5.74) is 1.40. The highest BCUT2D eigenvalue weighted by molar-refractivity contribution is 5.88. The van der Waals surface area contributed by atoms with Crippen LogP contribution in [0.3, 0.4) is 0 Å². The van der Waals surface area contributed by atoms with E-state index in [1.54, 1.807) is 23.0 Å². The molecule has 0 atom stereocenters. The summed E-state index contributed by atoms with van der Waals surface area (Å²) in [6.45, 7) is 0.983. The third-order valence-electron chi connectivity index (χ3n) is 4.14. The number of benzene rings is 1. The Labute approximate surface area is 137 Å². The third kappa shape index (κ3) is 2.97. The predicted octanol–water partition coefficient (Wildman–Crippen LogP) is 2.32. The molecule has 1 fully saturated rings. The number of nitrogens with zero attached hydrogens (tertiary/aromatic N) is 4. The second-order valence-corrected chi connectivity index (χ2v) is 5.93. The van der Waals surface area contributed by atoms with Crippen molar-refractivity contribution in [3.05, 3.63) is 58.8 Å². The van der Waals surface area contributed by atoms with Crippen molar-refractivity contribution in [1.29, 1.82) is 0 Å². The lowest BCUT2D eigenvalue weighted by molar-refractivity contribution is 0.629. The average molecular weight is 325 g/mol. The number of rotatable bonds is 5. The summed E-state index contributed by atoms with van der Waals surface area (Å²) < 4.78 is 14.8. The summed E-state index contributed by atoms with van der Waals surface area (Å²) in [5, 5.41) is 3.92. The van der Waals surface area contributed by atoms with Gasteiger partial charge >= 0.3 is 0 Å². The van der Waals surface area contributed by atoms with Crippen LogP contribution in [0, 0.1) is 5.82 Å². The molecule has 0 amide bonds. The summed E-state index contributed by atoms with van der Waals surface area (Å²) >= 11 is 0. The Morgan fingerprint density at radius 2 is 2.08 bits per heavy atom. The molecular formula is C17H16FN5O. The van der Waals surface area contributed by atoms with Gasteiger partial charge in [0.05, 0.1) is 17.5 Å². The molecule has 1 N–H and O–H groups in total. The second kappa shape index (κ2) is 5.99. The van der Waals surface area contributed by atoms with Gasteiger partial charge in [0.1, 0.15) is 18.0 Å². The molecule has 4 rings (SSSR count). The number of aromatic nitrogens is 4. The van der Waals surface area contributed by atoms with Gasteiger partial charge < -0.3 is 5.32 Å². The van der Waals surface area contributed by atoms with E-state index < -0.39 is 0 Å². The minimum absolute atomic E-state index is 0.0386. The number of anilines is 1. The van der Waals surface area contributed by atoms with Gasteiger partial charge in [0.25, 0.3) is 5.56 Å². The van der Waals surface area contributed by atoms with E-state index in [1.165, 1.54) is 18.5 Å². The van der Waals surface area contributed by atoms with Gasteiger partial charge in [0.15, 0.2) is 0 Å². The maximum absolute atomic E-state index is 13.3. The van der Waals surface area contributed by atoms with Gasteiger partial charge in [-0.15, -0.1) is 0 Å². The van der Waals surface area contributed by atoms with Gasteiger partial charge in [-0.05, 0) is 25.0 Å². The second-order valence-electron chi connectivity index (χ2n) is 5.93. The minimum atomic E-state index is -0.333. The Kier molecular flexibility index (Phi) is 3.68. The zero-order chi connectivity index (χ0) is 16.5. The molecule has 0 aliphatic heterocycles. The highest BCUT2D eigenvalue weighted by atomic mass is 19.1. The lowest BCUT2D eigenvalue weighted by atomic mass is 10.2. The molecule has 0 spiro atoms. The smallest absolute Gasteiger partial charge is 0.253 e. The molecule has 122 valence electrons. The normalized spacial score (nSPS) is 14.0. The van der Waals surface area contributed by atoms with E-state index in [-0.39, 0.29) is 11.4 Å². The van der Waals surface area contributed by atoms with Crippen molar-refractivity contribution >= 4 is 16.7 Å². The maximum atomic E-state index is 13.3. The summed E-state index contributed by atoms with van der Waals surface area (Å²) in [4.78, 5) is 24.7. The number of hydrogen-bond acceptors (Lipinski definition) is 5. The van der Waals surface area contributed by atoms with Gasteiger partial charge in [-0.3, -0.25) is 9.36 Å². The summed E-state index contributed by atoms with van der Waals surface area (Å²) in [7, 11) is 0. The molecule has 0 saturated heterocycles. The first-order chi connectivity index (χ1) is 11.7. The van der Waals surface area contributed by atoms with Crippen LogP contribution in [0.4, 0.5) is 10.2 Å². The minimum Gasteiger partial charge on any atom is -0.368 e. The molecule has 1 aromatic carbocycles. The molecule has 1 aliphatic rings. The van der Waals surface area contributed by atoms with Crippen LogP contribution in [0.5, 0.6) is 0 Å². The molecule has 24 heavy (non-hydrogen) atoms. The first-order valence-corrected chi connectivity index (χ1v) is 7.91. The van der Waals surface area contributed by atoms with E-state index >= 15 is 0 Å². The Bertz CT molecular complexity index is 951. The van der Waals surface area contributed by atoms with Crippen LogP contribution < -0.4 is 10.9 Å². The van der Waals surface area contributed by atoms with Crippen molar-refractivity contribution in [1.82, 2.24) is 19.5 Å². The molecule has 1 saturated carbocycles. The maximum Gasteiger partial charge on any atom is 0.253 e. The zero-order valence-electron chi connectivity index (χ0n) is 12.9. The lowest BCUT2D eigenvalue weighted by Crippen LogP contribution is -2.24. The molecular weight excluding hydrogens is 309 g/mol. The van der Waals surface area contributed by atoms with Crippen molar-refractivity contribution in [2.45, 2.75) is 25.3 Å². The summed E-state index contributed by atoms with van der Waals surface area (Å²) in [6, 6.07) is 6.01. The first kappa shape index (κ1) is 14.7. The van der Waals surface area contributed by atoms with E-state index in [2.05, 4.69) is 20.3 Å². The highest BCUT2D eigenvalue weighted by Gasteiger charge is 2.25. The van der Waals surface area contributed by atoms with Crippen LogP contribution in [0.1, 0.15) is 24.5 Å². The largest absolute Gasteiger partial charge is 0.368 e. The molecule has 2 heterocycles. The van der Waals surface area contributed by atoms with Crippen LogP contribution in [0.2, 0.25) is 0 Å². The van der Waals surface area contributed by atoms with Gasteiger partial charge in [-0.25, -0.2) is 19.3 Å². The molecule has 0 radical (unpaired) electrons. The van der Waals surface area contributed by atoms with Crippen molar-refractivity contribution in [2.75, 3.05) is 11.9 Å². The van der Waals surface area contributed by atoms with E-state index in [0.717, 1.165) is 23.9 Å². The quantitative estimate of drug-likeness (QED) is 0.779. The standard InChI is InChI=1S/C17H16FN5O/c18-12-3-4-13-15(7-12)20-9-21-17(13)19-5-6-23-10-22-14(8-16(23)24)11-1-2-11/h3-4,7-11H,1-2,5-6H2,(H,19,20,21). The first-order valence-electron chi connectivity index (χ1n) is 7.91. The Morgan fingerprint density at radius 1 is 1.21 bits per heavy atom. The molecule has 0 bridgehead atoms. The number of nitrogens with one attached hydrogen (secondary N) is 1. The topological polar surface area (TPSA) is 72.7 Å². The number of halogens is 1. The van der Waals surface area contributed by atoms with Crippen molar-refractivity contribution < 1.29 is 4.39 Å². The van der Waals surface area contributed by atoms with E-state index in [0.29, 0.717) is 30.3 Å². The fourth-order valence-electron chi connectivity index (χ4n) is 2.68. The van der Waals surface area contributed by atoms with Crippen LogP contribution in [0.25, 0.3) is 10.9 Å². The zero-order valence-corrected chi connectivity index (χ0v) is 12.9. The molecule has 7 heteroatoms. The molecule has 6 nitrogen and oxygen atoms in total. The van der Waals surface area contributed by atoms with Gasteiger partial charge in [0, 0.05) is 36.5 Å². The molecule has 0 unspecified atom stereocenters. The van der Waals surface area contributed by atoms with Crippen LogP contribution >= 0.6 is 0 Å². The summed E-state index contributed by atoms with van der Waals surface area (Å²) in [5.74, 6) is 0.759.